The van der Waals surface area contributed by atoms with Gasteiger partial charge in [-0.3, -0.25) is 0 Å². The minimum absolute atomic E-state index is 0.0330. The second-order valence-electron chi connectivity index (χ2n) is 5.62. The highest BCUT2D eigenvalue weighted by atomic mass is 16.4. The summed E-state index contributed by atoms with van der Waals surface area (Å²) < 4.78 is 0. The van der Waals surface area contributed by atoms with Crippen molar-refractivity contribution in [3.05, 3.63) is 29.8 Å². The fourth-order valence-corrected chi connectivity index (χ4v) is 3.02. The Morgan fingerprint density at radius 3 is 2.84 bits per heavy atom. The predicted octanol–water partition coefficient (Wildman–Crippen LogP) is 2.74. The van der Waals surface area contributed by atoms with Crippen molar-refractivity contribution < 1.29 is 15.0 Å². The van der Waals surface area contributed by atoms with Gasteiger partial charge in [0.2, 0.25) is 0 Å². The van der Waals surface area contributed by atoms with Crippen LogP contribution < -0.4 is 5.32 Å². The molecule has 3 N–H and O–H groups in total. The first-order valence-electron chi connectivity index (χ1n) is 6.78. The number of rotatable bonds is 4. The Bertz CT molecular complexity index is 460. The topological polar surface area (TPSA) is 69.6 Å². The highest BCUT2D eigenvalue weighted by Crippen LogP contribution is 2.35. The molecule has 0 saturated heterocycles. The lowest BCUT2D eigenvalue weighted by molar-refractivity contribution is 0.0697. The van der Waals surface area contributed by atoms with Crippen molar-refractivity contribution in [1.29, 1.82) is 0 Å². The number of para-hydroxylation sites is 1. The molecule has 4 nitrogen and oxygen atoms in total. The summed E-state index contributed by atoms with van der Waals surface area (Å²) >= 11 is 0. The number of hydrogen-bond acceptors (Lipinski definition) is 3. The van der Waals surface area contributed by atoms with E-state index in [1.165, 1.54) is 6.42 Å². The van der Waals surface area contributed by atoms with Crippen molar-refractivity contribution in [3.63, 3.8) is 0 Å². The van der Waals surface area contributed by atoms with Crippen molar-refractivity contribution in [2.45, 2.75) is 38.1 Å². The largest absolute Gasteiger partial charge is 0.478 e. The Labute approximate surface area is 113 Å². The fourth-order valence-electron chi connectivity index (χ4n) is 3.02. The lowest BCUT2D eigenvalue weighted by atomic mass is 9.76. The number of anilines is 1. The fraction of sp³-hybridized carbons (Fsp3) is 0.533. The molecule has 0 bridgehead atoms. The lowest BCUT2D eigenvalue weighted by Gasteiger charge is -2.40. The molecule has 1 aliphatic rings. The van der Waals surface area contributed by atoms with E-state index in [9.17, 15) is 15.0 Å². The normalized spacial score (nSPS) is 26.9. The van der Waals surface area contributed by atoms with Gasteiger partial charge in [-0.25, -0.2) is 4.79 Å². The monoisotopic (exact) mass is 263 g/mol. The number of benzene rings is 1. The van der Waals surface area contributed by atoms with Gasteiger partial charge in [-0.1, -0.05) is 31.9 Å². The summed E-state index contributed by atoms with van der Waals surface area (Å²) in [7, 11) is 0. The van der Waals surface area contributed by atoms with E-state index >= 15 is 0 Å². The number of aliphatic hydroxyl groups excluding tert-OH is 1. The molecule has 0 radical (unpaired) electrons. The molecule has 1 aromatic carbocycles. The SMILES string of the molecule is CC1CCCC(CO)(Nc2ccccc2C(=O)O)C1. The number of carboxylic acids is 1. The molecule has 0 aromatic heterocycles. The third-order valence-electron chi connectivity index (χ3n) is 3.95. The number of carbonyl (C=O) groups is 1. The second-order valence-corrected chi connectivity index (χ2v) is 5.62. The number of nitrogens with one attached hydrogen (secondary N) is 1. The molecule has 0 heterocycles. The van der Waals surface area contributed by atoms with Crippen LogP contribution in [0.2, 0.25) is 0 Å². The van der Waals surface area contributed by atoms with E-state index in [4.69, 9.17) is 0 Å². The number of carboxylic acid groups (broad SMARTS) is 1. The lowest BCUT2D eigenvalue weighted by Crippen LogP contribution is -2.46. The van der Waals surface area contributed by atoms with Gasteiger partial charge < -0.3 is 15.5 Å². The van der Waals surface area contributed by atoms with Gasteiger partial charge in [0.05, 0.1) is 17.7 Å². The van der Waals surface area contributed by atoms with Gasteiger partial charge in [0, 0.05) is 5.69 Å². The first kappa shape index (κ1) is 13.9. The summed E-state index contributed by atoms with van der Waals surface area (Å²) in [4.78, 5) is 11.2. The third kappa shape index (κ3) is 3.07. The minimum atomic E-state index is -0.944. The van der Waals surface area contributed by atoms with Crippen LogP contribution >= 0.6 is 0 Å². The van der Waals surface area contributed by atoms with Crippen molar-refractivity contribution in [1.82, 2.24) is 0 Å². The van der Waals surface area contributed by atoms with Gasteiger partial charge in [-0.05, 0) is 30.9 Å². The minimum Gasteiger partial charge on any atom is -0.478 e. The zero-order valence-electron chi connectivity index (χ0n) is 11.2. The maximum atomic E-state index is 11.2. The summed E-state index contributed by atoms with van der Waals surface area (Å²) in [5.41, 5.74) is 0.468. The smallest absolute Gasteiger partial charge is 0.337 e. The van der Waals surface area contributed by atoms with Crippen molar-refractivity contribution >= 4 is 11.7 Å². The molecule has 2 rings (SSSR count). The van der Waals surface area contributed by atoms with Crippen LogP contribution in [0.5, 0.6) is 0 Å². The van der Waals surface area contributed by atoms with Crippen LogP contribution in [0.4, 0.5) is 5.69 Å². The molecular weight excluding hydrogens is 242 g/mol. The Kier molecular flexibility index (Phi) is 4.10. The van der Waals surface area contributed by atoms with E-state index in [0.29, 0.717) is 11.6 Å². The molecule has 0 spiro atoms. The Morgan fingerprint density at radius 1 is 1.47 bits per heavy atom. The van der Waals surface area contributed by atoms with Gasteiger partial charge in [0.1, 0.15) is 0 Å². The molecule has 1 aliphatic carbocycles. The molecule has 0 aliphatic heterocycles. The zero-order chi connectivity index (χ0) is 13.9. The van der Waals surface area contributed by atoms with Crippen molar-refractivity contribution in [2.75, 3.05) is 11.9 Å². The van der Waals surface area contributed by atoms with E-state index in [-0.39, 0.29) is 17.7 Å². The number of hydrogen-bond donors (Lipinski definition) is 3. The highest BCUT2D eigenvalue weighted by Gasteiger charge is 2.35. The molecule has 4 heteroatoms. The van der Waals surface area contributed by atoms with Crippen LogP contribution in [0.25, 0.3) is 0 Å². The van der Waals surface area contributed by atoms with E-state index in [1.54, 1.807) is 18.2 Å². The van der Waals surface area contributed by atoms with E-state index in [2.05, 4.69) is 12.2 Å². The second kappa shape index (κ2) is 5.61. The quantitative estimate of drug-likeness (QED) is 0.781. The molecule has 1 saturated carbocycles. The molecule has 2 unspecified atom stereocenters. The predicted molar refractivity (Wildman–Crippen MR) is 74.5 cm³/mol. The van der Waals surface area contributed by atoms with Gasteiger partial charge in [0.15, 0.2) is 0 Å². The third-order valence-corrected chi connectivity index (χ3v) is 3.95. The summed E-state index contributed by atoms with van der Waals surface area (Å²) in [5.74, 6) is -0.398. The number of aliphatic hydroxyl groups is 1. The van der Waals surface area contributed by atoms with Crippen LogP contribution in [-0.2, 0) is 0 Å². The average molecular weight is 263 g/mol. The van der Waals surface area contributed by atoms with Crippen LogP contribution in [0.1, 0.15) is 43.0 Å². The molecule has 2 atom stereocenters. The van der Waals surface area contributed by atoms with Crippen LogP contribution in [0.3, 0.4) is 0 Å². The van der Waals surface area contributed by atoms with Gasteiger partial charge in [0.25, 0.3) is 0 Å². The molecule has 19 heavy (non-hydrogen) atoms. The van der Waals surface area contributed by atoms with Crippen LogP contribution in [0, 0.1) is 5.92 Å². The van der Waals surface area contributed by atoms with E-state index < -0.39 is 5.97 Å². The Morgan fingerprint density at radius 2 is 2.21 bits per heavy atom. The number of aromatic carboxylic acids is 1. The first-order chi connectivity index (χ1) is 9.06. The summed E-state index contributed by atoms with van der Waals surface area (Å²) in [6.07, 6.45) is 3.98. The van der Waals surface area contributed by atoms with Gasteiger partial charge in [-0.15, -0.1) is 0 Å². The average Bonchev–Trinajstić information content (AvgIpc) is 2.39. The van der Waals surface area contributed by atoms with Gasteiger partial charge >= 0.3 is 5.97 Å². The molecule has 0 amide bonds. The van der Waals surface area contributed by atoms with Crippen molar-refractivity contribution in [2.24, 2.45) is 5.92 Å². The van der Waals surface area contributed by atoms with Gasteiger partial charge in [-0.2, -0.15) is 0 Å². The maximum absolute atomic E-state index is 11.2. The molecular formula is C15H21NO3. The summed E-state index contributed by atoms with van der Waals surface area (Å²) in [6, 6.07) is 6.87. The summed E-state index contributed by atoms with van der Waals surface area (Å²) in [6.45, 7) is 2.21. The zero-order valence-corrected chi connectivity index (χ0v) is 11.2. The van der Waals surface area contributed by atoms with Crippen molar-refractivity contribution in [3.8, 4) is 0 Å². The highest BCUT2D eigenvalue weighted by molar-refractivity contribution is 5.94. The Hall–Kier alpha value is -1.55. The molecule has 1 aromatic rings. The maximum Gasteiger partial charge on any atom is 0.337 e. The summed E-state index contributed by atoms with van der Waals surface area (Å²) in [5, 5.41) is 22.2. The van der Waals surface area contributed by atoms with Crippen LogP contribution in [0.15, 0.2) is 24.3 Å². The standard InChI is InChI=1S/C15H21NO3/c1-11-5-4-8-15(9-11,10-17)16-13-7-3-2-6-12(13)14(18)19/h2-3,6-7,11,16-17H,4-5,8-10H2,1H3,(H,18,19). The van der Waals surface area contributed by atoms with Crippen LogP contribution in [-0.4, -0.2) is 28.3 Å². The Balaban J connectivity index is 2.25. The first-order valence-corrected chi connectivity index (χ1v) is 6.78. The molecule has 104 valence electrons. The van der Waals surface area contributed by atoms with E-state index in [0.717, 1.165) is 19.3 Å². The van der Waals surface area contributed by atoms with E-state index in [1.807, 2.05) is 6.07 Å². The molecule has 1 fully saturated rings.